The number of hydrogen-bond donors (Lipinski definition) is 1. The Labute approximate surface area is 253 Å². The standard InChI is InChI=1S/C29H32FN5O5S.C2H6/c1-18-9-10-23(22(30)15-18)31-26-24(29(39)32(3)4)25(19(2)27(37)33(26)5)35(17-36)21-8-6-7-20(16-21)28(38)34-11-13-41(40)14-12-34;1-2/h6-10,15-17,31H,11-14H2,1-5H3;1-2H3. The highest BCUT2D eigenvalue weighted by atomic mass is 32.2. The summed E-state index contributed by atoms with van der Waals surface area (Å²) in [6, 6.07) is 10.8. The number of nitrogens with one attached hydrogen (secondary N) is 1. The molecule has 0 radical (unpaired) electrons. The van der Waals surface area contributed by atoms with Crippen LogP contribution in [0.2, 0.25) is 0 Å². The highest BCUT2D eigenvalue weighted by molar-refractivity contribution is 7.85. The number of amides is 3. The monoisotopic (exact) mass is 611 g/mol. The zero-order valence-electron chi connectivity index (χ0n) is 25.6. The number of aryl methyl sites for hydroxylation is 1. The largest absolute Gasteiger partial charge is 0.345 e. The van der Waals surface area contributed by atoms with Crippen LogP contribution in [-0.2, 0) is 22.6 Å². The predicted octanol–water partition coefficient (Wildman–Crippen LogP) is 4.11. The summed E-state index contributed by atoms with van der Waals surface area (Å²) in [5.41, 5.74) is 0.857. The SMILES string of the molecule is CC.Cc1ccc(Nc2c(C(=O)N(C)C)c(N(C=O)c3cccc(C(=O)N4CCS(=O)CC4)c3)c(C)c(=O)n2C)c(F)c1. The van der Waals surface area contributed by atoms with Gasteiger partial charge in [-0.25, -0.2) is 4.39 Å². The zero-order chi connectivity index (χ0) is 32.0. The molecule has 0 bridgehead atoms. The number of carbonyl (C=O) groups excluding carboxylic acids is 3. The Morgan fingerprint density at radius 1 is 1.05 bits per heavy atom. The molecule has 0 spiro atoms. The summed E-state index contributed by atoms with van der Waals surface area (Å²) in [4.78, 5) is 57.0. The minimum Gasteiger partial charge on any atom is -0.345 e. The highest BCUT2D eigenvalue weighted by Gasteiger charge is 2.30. The van der Waals surface area contributed by atoms with Gasteiger partial charge in [0, 0.05) is 73.4 Å². The molecule has 230 valence electrons. The van der Waals surface area contributed by atoms with Crippen molar-refractivity contribution in [3.05, 3.63) is 80.9 Å². The summed E-state index contributed by atoms with van der Waals surface area (Å²) in [6.45, 7) is 7.94. The van der Waals surface area contributed by atoms with Crippen molar-refractivity contribution in [1.29, 1.82) is 0 Å². The van der Waals surface area contributed by atoms with Gasteiger partial charge in [-0.2, -0.15) is 0 Å². The Balaban J connectivity index is 0.00000248. The summed E-state index contributed by atoms with van der Waals surface area (Å²) in [6.07, 6.45) is 0.470. The lowest BCUT2D eigenvalue weighted by Gasteiger charge is -2.28. The van der Waals surface area contributed by atoms with Crippen LogP contribution in [0.25, 0.3) is 0 Å². The van der Waals surface area contributed by atoms with Crippen LogP contribution < -0.4 is 15.8 Å². The molecule has 1 fully saturated rings. The van der Waals surface area contributed by atoms with Crippen molar-refractivity contribution in [3.63, 3.8) is 0 Å². The molecule has 1 aromatic heterocycles. The van der Waals surface area contributed by atoms with Crippen LogP contribution in [-0.4, -0.2) is 75.5 Å². The molecular formula is C31H38FN5O5S. The van der Waals surface area contributed by atoms with E-state index in [4.69, 9.17) is 0 Å². The summed E-state index contributed by atoms with van der Waals surface area (Å²) < 4.78 is 27.8. The lowest BCUT2D eigenvalue weighted by atomic mass is 10.0. The number of carbonyl (C=O) groups is 3. The second-order valence-electron chi connectivity index (χ2n) is 10.0. The van der Waals surface area contributed by atoms with Gasteiger partial charge in [0.15, 0.2) is 0 Å². The Morgan fingerprint density at radius 3 is 2.28 bits per heavy atom. The van der Waals surface area contributed by atoms with E-state index in [0.717, 1.165) is 4.90 Å². The van der Waals surface area contributed by atoms with Gasteiger partial charge in [0.2, 0.25) is 6.41 Å². The second kappa shape index (κ2) is 14.2. The summed E-state index contributed by atoms with van der Waals surface area (Å²) >= 11 is 0. The fourth-order valence-corrected chi connectivity index (χ4v) is 5.75. The van der Waals surface area contributed by atoms with Gasteiger partial charge in [-0.15, -0.1) is 0 Å². The molecule has 0 unspecified atom stereocenters. The Bertz CT molecular complexity index is 1610. The number of halogens is 1. The molecule has 0 aliphatic carbocycles. The maximum atomic E-state index is 14.9. The van der Waals surface area contributed by atoms with Crippen LogP contribution in [0.3, 0.4) is 0 Å². The molecule has 12 heteroatoms. The molecule has 3 aromatic rings. The molecule has 43 heavy (non-hydrogen) atoms. The first kappa shape index (κ1) is 33.2. The van der Waals surface area contributed by atoms with E-state index in [1.807, 2.05) is 13.8 Å². The molecule has 1 N–H and O–H groups in total. The molecule has 1 aliphatic heterocycles. The second-order valence-corrected chi connectivity index (χ2v) is 11.7. The van der Waals surface area contributed by atoms with Crippen molar-refractivity contribution in [2.75, 3.05) is 48.9 Å². The predicted molar refractivity (Wildman–Crippen MR) is 169 cm³/mol. The minimum absolute atomic E-state index is 0.00236. The van der Waals surface area contributed by atoms with Gasteiger partial charge in [-0.1, -0.05) is 26.0 Å². The number of anilines is 4. The van der Waals surface area contributed by atoms with E-state index in [-0.39, 0.29) is 39.9 Å². The maximum absolute atomic E-state index is 14.9. The quantitative estimate of drug-likeness (QED) is 0.403. The molecule has 1 saturated heterocycles. The number of nitrogens with zero attached hydrogens (tertiary/aromatic N) is 4. The zero-order valence-corrected chi connectivity index (χ0v) is 26.4. The lowest BCUT2D eigenvalue weighted by Crippen LogP contribution is -2.41. The molecule has 0 atom stereocenters. The minimum atomic E-state index is -0.955. The van der Waals surface area contributed by atoms with Gasteiger partial charge >= 0.3 is 0 Å². The fourth-order valence-electron chi connectivity index (χ4n) is 4.70. The third kappa shape index (κ3) is 7.02. The third-order valence-electron chi connectivity index (χ3n) is 6.97. The molecule has 2 aromatic carbocycles. The Hall–Kier alpha value is -4.32. The smallest absolute Gasteiger partial charge is 0.259 e. The first-order valence-electron chi connectivity index (χ1n) is 13.9. The average Bonchev–Trinajstić information content (AvgIpc) is 3.00. The lowest BCUT2D eigenvalue weighted by molar-refractivity contribution is -0.106. The normalized spacial score (nSPS) is 13.1. The van der Waals surface area contributed by atoms with E-state index < -0.39 is 28.1 Å². The molecule has 1 aliphatic rings. The number of benzene rings is 2. The Morgan fingerprint density at radius 2 is 1.70 bits per heavy atom. The van der Waals surface area contributed by atoms with E-state index in [9.17, 15) is 27.8 Å². The van der Waals surface area contributed by atoms with E-state index in [1.54, 1.807) is 36.1 Å². The van der Waals surface area contributed by atoms with Crippen molar-refractivity contribution >= 4 is 51.9 Å². The van der Waals surface area contributed by atoms with Gasteiger partial charge < -0.3 is 15.1 Å². The molecular weight excluding hydrogens is 573 g/mol. The molecule has 4 rings (SSSR count). The van der Waals surface area contributed by atoms with Gasteiger partial charge in [0.25, 0.3) is 17.4 Å². The summed E-state index contributed by atoms with van der Waals surface area (Å²) in [5.74, 6) is -0.608. The maximum Gasteiger partial charge on any atom is 0.259 e. The van der Waals surface area contributed by atoms with Crippen LogP contribution >= 0.6 is 0 Å². The van der Waals surface area contributed by atoms with Gasteiger partial charge in [0.05, 0.1) is 11.4 Å². The van der Waals surface area contributed by atoms with Gasteiger partial charge in [-0.3, -0.25) is 32.9 Å². The van der Waals surface area contributed by atoms with Crippen molar-refractivity contribution < 1.29 is 23.0 Å². The van der Waals surface area contributed by atoms with Gasteiger partial charge in [-0.05, 0) is 49.7 Å². The van der Waals surface area contributed by atoms with Gasteiger partial charge in [0.1, 0.15) is 17.2 Å². The summed E-state index contributed by atoms with van der Waals surface area (Å²) in [7, 11) is 3.55. The van der Waals surface area contributed by atoms with Crippen LogP contribution in [0.1, 0.15) is 45.7 Å². The fraction of sp³-hybridized carbons (Fsp3) is 0.355. The van der Waals surface area contributed by atoms with E-state index in [2.05, 4.69) is 5.32 Å². The third-order valence-corrected chi connectivity index (χ3v) is 8.25. The van der Waals surface area contributed by atoms with Crippen molar-refractivity contribution in [1.82, 2.24) is 14.4 Å². The Kier molecular flexibility index (Phi) is 11.0. The topological polar surface area (TPSA) is 112 Å². The van der Waals surface area contributed by atoms with Crippen LogP contribution in [0.5, 0.6) is 0 Å². The van der Waals surface area contributed by atoms with E-state index in [1.165, 1.54) is 55.7 Å². The van der Waals surface area contributed by atoms with Crippen LogP contribution in [0, 0.1) is 19.7 Å². The first-order chi connectivity index (χ1) is 20.4. The molecule has 0 saturated carbocycles. The van der Waals surface area contributed by atoms with E-state index in [0.29, 0.717) is 42.1 Å². The van der Waals surface area contributed by atoms with Crippen molar-refractivity contribution in [2.24, 2.45) is 7.05 Å². The van der Waals surface area contributed by atoms with Crippen molar-refractivity contribution in [3.8, 4) is 0 Å². The highest BCUT2D eigenvalue weighted by Crippen LogP contribution is 2.36. The van der Waals surface area contributed by atoms with Crippen LogP contribution in [0.4, 0.5) is 27.3 Å². The van der Waals surface area contributed by atoms with E-state index >= 15 is 0 Å². The number of aromatic nitrogens is 1. The number of rotatable bonds is 7. The molecule has 3 amide bonds. The average molecular weight is 612 g/mol. The van der Waals surface area contributed by atoms with Crippen LogP contribution in [0.15, 0.2) is 47.3 Å². The number of pyridine rings is 1. The molecule has 2 heterocycles. The summed E-state index contributed by atoms with van der Waals surface area (Å²) in [5, 5.41) is 2.90. The van der Waals surface area contributed by atoms with Crippen molar-refractivity contribution in [2.45, 2.75) is 27.7 Å². The molecule has 10 nitrogen and oxygen atoms in total. The first-order valence-corrected chi connectivity index (χ1v) is 15.4. The number of hydrogen-bond acceptors (Lipinski definition) is 6.